The molecule has 0 amide bonds. The molecule has 1 aliphatic heterocycles. The van der Waals surface area contributed by atoms with Gasteiger partial charge in [-0.2, -0.15) is 5.26 Å². The van der Waals surface area contributed by atoms with Crippen molar-refractivity contribution in [3.05, 3.63) is 23.9 Å². The molecule has 0 unspecified atom stereocenters. The average Bonchev–Trinajstić information content (AvgIpc) is 2.28. The highest BCUT2D eigenvalue weighted by Gasteiger charge is 1.99. The first-order chi connectivity index (χ1) is 5.36. The van der Waals surface area contributed by atoms with Crippen LogP contribution in [0.25, 0.3) is 0 Å². The van der Waals surface area contributed by atoms with Crippen molar-refractivity contribution in [2.24, 2.45) is 4.99 Å². The predicted molar refractivity (Wildman–Crippen MR) is 42.0 cm³/mol. The van der Waals surface area contributed by atoms with E-state index in [0.717, 1.165) is 0 Å². The quantitative estimate of drug-likeness (QED) is 0.597. The van der Waals surface area contributed by atoms with E-state index in [9.17, 15) is 0 Å². The van der Waals surface area contributed by atoms with E-state index >= 15 is 0 Å². The van der Waals surface area contributed by atoms with Crippen LogP contribution in [0.1, 0.15) is 6.42 Å². The highest BCUT2D eigenvalue weighted by molar-refractivity contribution is 5.97. The number of rotatable bonds is 1. The van der Waals surface area contributed by atoms with Gasteiger partial charge in [-0.1, -0.05) is 6.08 Å². The summed E-state index contributed by atoms with van der Waals surface area (Å²) in [5.74, 6) is 0. The average molecular weight is 148 g/mol. The van der Waals surface area contributed by atoms with Crippen LogP contribution in [0.3, 0.4) is 0 Å². The Morgan fingerprint density at radius 1 is 1.73 bits per heavy atom. The van der Waals surface area contributed by atoms with E-state index < -0.39 is 0 Å². The SMILES string of the molecule is N#CC1=CC(CO)=NC=CC1. The molecule has 0 spiro atoms. The van der Waals surface area contributed by atoms with Crippen LogP contribution in [0.5, 0.6) is 0 Å². The predicted octanol–water partition coefficient (Wildman–Crippen LogP) is 0.787. The largest absolute Gasteiger partial charge is 0.390 e. The maximum Gasteiger partial charge on any atom is 0.0951 e. The van der Waals surface area contributed by atoms with Gasteiger partial charge in [0.1, 0.15) is 0 Å². The molecule has 1 rings (SSSR count). The summed E-state index contributed by atoms with van der Waals surface area (Å²) in [6.07, 6.45) is 5.60. The van der Waals surface area contributed by atoms with Crippen molar-refractivity contribution in [3.8, 4) is 6.07 Å². The summed E-state index contributed by atoms with van der Waals surface area (Å²) < 4.78 is 0. The van der Waals surface area contributed by atoms with Crippen molar-refractivity contribution in [3.63, 3.8) is 0 Å². The summed E-state index contributed by atoms with van der Waals surface area (Å²) in [5, 5.41) is 17.3. The molecule has 1 aliphatic rings. The fourth-order valence-corrected chi connectivity index (χ4v) is 0.790. The topological polar surface area (TPSA) is 56.4 Å². The molecule has 1 heterocycles. The smallest absolute Gasteiger partial charge is 0.0951 e. The molecule has 1 N–H and O–H groups in total. The number of hydrogen-bond acceptors (Lipinski definition) is 3. The second-order valence-corrected chi connectivity index (χ2v) is 2.15. The van der Waals surface area contributed by atoms with E-state index in [1.165, 1.54) is 0 Å². The van der Waals surface area contributed by atoms with Gasteiger partial charge >= 0.3 is 0 Å². The van der Waals surface area contributed by atoms with Crippen LogP contribution in [-0.4, -0.2) is 17.4 Å². The van der Waals surface area contributed by atoms with Gasteiger partial charge in [-0.05, 0) is 6.08 Å². The Bertz CT molecular complexity index is 268. The second kappa shape index (κ2) is 3.69. The molecule has 56 valence electrons. The number of aliphatic hydroxyl groups excluding tert-OH is 1. The monoisotopic (exact) mass is 148 g/mol. The van der Waals surface area contributed by atoms with Crippen LogP contribution in [0.15, 0.2) is 28.9 Å². The van der Waals surface area contributed by atoms with Crippen LogP contribution < -0.4 is 0 Å². The minimum atomic E-state index is -0.116. The zero-order chi connectivity index (χ0) is 8.10. The van der Waals surface area contributed by atoms with Crippen molar-refractivity contribution in [1.82, 2.24) is 0 Å². The molecule has 0 fully saturated rings. The summed E-state index contributed by atoms with van der Waals surface area (Å²) in [7, 11) is 0. The van der Waals surface area contributed by atoms with Crippen LogP contribution in [0.4, 0.5) is 0 Å². The lowest BCUT2D eigenvalue weighted by atomic mass is 10.2. The molecular formula is C8H8N2O. The molecule has 11 heavy (non-hydrogen) atoms. The Hall–Kier alpha value is -1.40. The molecule has 0 aromatic rings. The van der Waals surface area contributed by atoms with Crippen LogP contribution in [0.2, 0.25) is 0 Å². The third-order valence-corrected chi connectivity index (χ3v) is 1.33. The molecule has 0 radical (unpaired) electrons. The van der Waals surface area contributed by atoms with Crippen molar-refractivity contribution < 1.29 is 5.11 Å². The second-order valence-electron chi connectivity index (χ2n) is 2.15. The highest BCUT2D eigenvalue weighted by atomic mass is 16.3. The summed E-state index contributed by atoms with van der Waals surface area (Å²) in [5.41, 5.74) is 1.17. The fourth-order valence-electron chi connectivity index (χ4n) is 0.790. The Morgan fingerprint density at radius 2 is 2.55 bits per heavy atom. The molecular weight excluding hydrogens is 140 g/mol. The Morgan fingerprint density at radius 3 is 3.18 bits per heavy atom. The molecule has 3 nitrogen and oxygen atoms in total. The minimum Gasteiger partial charge on any atom is -0.390 e. The lowest BCUT2D eigenvalue weighted by Crippen LogP contribution is -1.99. The maximum absolute atomic E-state index is 8.71. The number of allylic oxidation sites excluding steroid dienone is 2. The third-order valence-electron chi connectivity index (χ3n) is 1.33. The maximum atomic E-state index is 8.71. The summed E-state index contributed by atoms with van der Waals surface area (Å²) >= 11 is 0. The van der Waals surface area contributed by atoms with Crippen molar-refractivity contribution in [2.45, 2.75) is 6.42 Å². The standard InChI is InChI=1S/C8H8N2O/c9-5-7-2-1-3-10-8(4-7)6-11/h1,3-4,11H,2,6H2. The zero-order valence-corrected chi connectivity index (χ0v) is 5.99. The number of aliphatic imine (C=N–C) groups is 1. The molecule has 0 atom stereocenters. The summed E-state index contributed by atoms with van der Waals surface area (Å²) in [4.78, 5) is 3.90. The van der Waals surface area contributed by atoms with Crippen molar-refractivity contribution in [1.29, 1.82) is 5.26 Å². The Labute approximate surface area is 65.0 Å². The number of hydrogen-bond donors (Lipinski definition) is 1. The Balaban J connectivity index is 2.87. The van der Waals surface area contributed by atoms with E-state index in [1.54, 1.807) is 18.4 Å². The number of nitriles is 1. The normalized spacial score (nSPS) is 16.4. The summed E-state index contributed by atoms with van der Waals surface area (Å²) in [6.45, 7) is -0.116. The lowest BCUT2D eigenvalue weighted by Gasteiger charge is -1.91. The van der Waals surface area contributed by atoms with Crippen molar-refractivity contribution >= 4 is 5.71 Å². The van der Waals surface area contributed by atoms with Gasteiger partial charge in [0.2, 0.25) is 0 Å². The first-order valence-corrected chi connectivity index (χ1v) is 3.30. The van der Waals surface area contributed by atoms with E-state index in [1.807, 2.05) is 6.07 Å². The number of nitrogens with zero attached hydrogens (tertiary/aromatic N) is 2. The van der Waals surface area contributed by atoms with Crippen molar-refractivity contribution in [2.75, 3.05) is 6.61 Å². The molecule has 3 heteroatoms. The molecule has 0 bridgehead atoms. The van der Waals surface area contributed by atoms with Gasteiger partial charge in [-0.3, -0.25) is 4.99 Å². The molecule has 0 saturated heterocycles. The van der Waals surface area contributed by atoms with E-state index in [0.29, 0.717) is 17.7 Å². The molecule has 0 aliphatic carbocycles. The third kappa shape index (κ3) is 2.03. The molecule has 0 saturated carbocycles. The number of aliphatic hydroxyl groups is 1. The molecule has 0 aromatic heterocycles. The highest BCUT2D eigenvalue weighted by Crippen LogP contribution is 2.05. The Kier molecular flexibility index (Phi) is 2.59. The van der Waals surface area contributed by atoms with E-state index in [-0.39, 0.29) is 6.61 Å². The first-order valence-electron chi connectivity index (χ1n) is 3.30. The molecule has 0 aromatic carbocycles. The lowest BCUT2D eigenvalue weighted by molar-refractivity contribution is 0.358. The van der Waals surface area contributed by atoms with Gasteiger partial charge in [0.25, 0.3) is 0 Å². The van der Waals surface area contributed by atoms with Crippen LogP contribution in [-0.2, 0) is 0 Å². The van der Waals surface area contributed by atoms with Gasteiger partial charge in [0.15, 0.2) is 0 Å². The van der Waals surface area contributed by atoms with Crippen LogP contribution >= 0.6 is 0 Å². The van der Waals surface area contributed by atoms with Gasteiger partial charge in [-0.25, -0.2) is 0 Å². The fraction of sp³-hybridized carbons (Fsp3) is 0.250. The van der Waals surface area contributed by atoms with Crippen LogP contribution in [0, 0.1) is 11.3 Å². The van der Waals surface area contributed by atoms with Gasteiger partial charge in [-0.15, -0.1) is 0 Å². The van der Waals surface area contributed by atoms with Gasteiger partial charge in [0, 0.05) is 18.2 Å². The zero-order valence-electron chi connectivity index (χ0n) is 5.99. The van der Waals surface area contributed by atoms with E-state index in [2.05, 4.69) is 4.99 Å². The van der Waals surface area contributed by atoms with Gasteiger partial charge < -0.3 is 5.11 Å². The van der Waals surface area contributed by atoms with Gasteiger partial charge in [0.05, 0.1) is 18.4 Å². The minimum absolute atomic E-state index is 0.116. The summed E-state index contributed by atoms with van der Waals surface area (Å²) in [6, 6.07) is 2.03. The first kappa shape index (κ1) is 7.70. The van der Waals surface area contributed by atoms with E-state index in [4.69, 9.17) is 10.4 Å².